The second-order valence-corrected chi connectivity index (χ2v) is 7.91. The van der Waals surface area contributed by atoms with Crippen LogP contribution in [0, 0.1) is 13.8 Å². The molecule has 2 aliphatic heterocycles. The van der Waals surface area contributed by atoms with Crippen molar-refractivity contribution in [1.82, 2.24) is 15.1 Å². The maximum atomic E-state index is 12.5. The Morgan fingerprint density at radius 3 is 2.67 bits per heavy atom. The van der Waals surface area contributed by atoms with Crippen molar-refractivity contribution < 1.29 is 23.6 Å². The highest BCUT2D eigenvalue weighted by molar-refractivity contribution is 6.02. The molecule has 33 heavy (non-hydrogen) atoms. The van der Waals surface area contributed by atoms with Gasteiger partial charge in [-0.1, -0.05) is 11.2 Å². The zero-order chi connectivity index (χ0) is 22.9. The summed E-state index contributed by atoms with van der Waals surface area (Å²) in [6, 6.07) is 11.1. The highest BCUT2D eigenvalue weighted by atomic mass is 16.7. The minimum Gasteiger partial charge on any atom is -0.454 e. The molecular weight excluding hydrogens is 426 g/mol. The van der Waals surface area contributed by atoms with E-state index in [0.29, 0.717) is 40.7 Å². The number of hydrazone groups is 1. The van der Waals surface area contributed by atoms with E-state index < -0.39 is 0 Å². The molecule has 0 saturated carbocycles. The normalized spacial score (nSPS) is 14.9. The molecule has 3 heterocycles. The van der Waals surface area contributed by atoms with Crippen LogP contribution in [0.3, 0.4) is 0 Å². The van der Waals surface area contributed by atoms with Gasteiger partial charge in [0.25, 0.3) is 5.89 Å². The number of ether oxygens (including phenoxy) is 2. The predicted octanol–water partition coefficient (Wildman–Crippen LogP) is 3.05. The number of fused-ring (bicyclic) bond motifs is 1. The molecule has 1 aromatic heterocycles. The van der Waals surface area contributed by atoms with E-state index in [4.69, 9.17) is 14.0 Å². The van der Waals surface area contributed by atoms with E-state index in [-0.39, 0.29) is 37.5 Å². The molecule has 0 atom stereocenters. The minimum absolute atomic E-state index is 0.175. The first-order chi connectivity index (χ1) is 15.9. The predicted molar refractivity (Wildman–Crippen MR) is 118 cm³/mol. The average molecular weight is 447 g/mol. The molecule has 10 heteroatoms. The van der Waals surface area contributed by atoms with E-state index in [9.17, 15) is 9.59 Å². The lowest BCUT2D eigenvalue weighted by atomic mass is 10.1. The van der Waals surface area contributed by atoms with Gasteiger partial charge in [0.05, 0.1) is 0 Å². The number of carbonyl (C=O) groups excluding carboxylic acids is 2. The molecule has 10 nitrogen and oxygen atoms in total. The quantitative estimate of drug-likeness (QED) is 0.638. The van der Waals surface area contributed by atoms with E-state index in [1.54, 1.807) is 18.2 Å². The third-order valence-corrected chi connectivity index (χ3v) is 5.21. The molecule has 2 amide bonds. The van der Waals surface area contributed by atoms with Gasteiger partial charge in [-0.25, -0.2) is 5.01 Å². The SMILES string of the molecule is Cc1cc(C)cc(NC(=O)CN2N=C(c3nc(-c4ccc5c(c4)OCO5)no3)CCC2=O)c1. The largest absolute Gasteiger partial charge is 0.454 e. The summed E-state index contributed by atoms with van der Waals surface area (Å²) in [7, 11) is 0. The van der Waals surface area contributed by atoms with E-state index in [2.05, 4.69) is 20.6 Å². The maximum Gasteiger partial charge on any atom is 0.274 e. The third-order valence-electron chi connectivity index (χ3n) is 5.21. The summed E-state index contributed by atoms with van der Waals surface area (Å²) in [5, 5.41) is 12.3. The van der Waals surface area contributed by atoms with Crippen molar-refractivity contribution in [3.8, 4) is 22.9 Å². The van der Waals surface area contributed by atoms with E-state index in [0.717, 1.165) is 16.1 Å². The van der Waals surface area contributed by atoms with Gasteiger partial charge in [-0.3, -0.25) is 9.59 Å². The van der Waals surface area contributed by atoms with Crippen LogP contribution < -0.4 is 14.8 Å². The zero-order valence-corrected chi connectivity index (χ0v) is 18.1. The molecule has 0 fully saturated rings. The molecule has 168 valence electrons. The Kier molecular flexibility index (Phi) is 5.25. The highest BCUT2D eigenvalue weighted by Gasteiger charge is 2.27. The Hall–Kier alpha value is -4.21. The molecule has 3 aromatic rings. The third kappa shape index (κ3) is 4.40. The average Bonchev–Trinajstić information content (AvgIpc) is 3.43. The minimum atomic E-state index is -0.343. The molecule has 0 radical (unpaired) electrons. The lowest BCUT2D eigenvalue weighted by Crippen LogP contribution is -2.38. The van der Waals surface area contributed by atoms with Gasteiger partial charge in [-0.2, -0.15) is 10.1 Å². The van der Waals surface area contributed by atoms with Gasteiger partial charge in [0.2, 0.25) is 24.4 Å². The van der Waals surface area contributed by atoms with Gasteiger partial charge in [-0.05, 0) is 55.3 Å². The first kappa shape index (κ1) is 20.7. The van der Waals surface area contributed by atoms with Crippen LogP contribution in [0.25, 0.3) is 11.4 Å². The van der Waals surface area contributed by atoms with Gasteiger partial charge in [0, 0.05) is 24.1 Å². The fraction of sp³-hybridized carbons (Fsp3) is 0.261. The lowest BCUT2D eigenvalue weighted by Gasteiger charge is -2.21. The fourth-order valence-corrected chi connectivity index (χ4v) is 3.76. The number of aromatic nitrogens is 2. The van der Waals surface area contributed by atoms with E-state index in [1.165, 1.54) is 0 Å². The van der Waals surface area contributed by atoms with Crippen LogP contribution in [-0.4, -0.2) is 46.0 Å². The molecule has 0 saturated heterocycles. The number of aryl methyl sites for hydroxylation is 2. The van der Waals surface area contributed by atoms with Crippen molar-refractivity contribution in [2.75, 3.05) is 18.7 Å². The van der Waals surface area contributed by atoms with Crippen molar-refractivity contribution in [2.45, 2.75) is 26.7 Å². The smallest absolute Gasteiger partial charge is 0.274 e. The molecule has 2 aromatic carbocycles. The monoisotopic (exact) mass is 447 g/mol. The first-order valence-electron chi connectivity index (χ1n) is 10.4. The van der Waals surface area contributed by atoms with Crippen LogP contribution in [0.15, 0.2) is 46.0 Å². The van der Waals surface area contributed by atoms with Crippen LogP contribution in [0.1, 0.15) is 29.9 Å². The number of anilines is 1. The van der Waals surface area contributed by atoms with Gasteiger partial charge in [-0.15, -0.1) is 0 Å². The van der Waals surface area contributed by atoms with Crippen molar-refractivity contribution in [3.63, 3.8) is 0 Å². The molecule has 0 unspecified atom stereocenters. The summed E-state index contributed by atoms with van der Waals surface area (Å²) in [5.41, 5.74) is 3.90. The number of nitrogens with zero attached hydrogens (tertiary/aromatic N) is 4. The van der Waals surface area contributed by atoms with Gasteiger partial charge < -0.3 is 19.3 Å². The Morgan fingerprint density at radius 1 is 1.06 bits per heavy atom. The summed E-state index contributed by atoms with van der Waals surface area (Å²) < 4.78 is 16.1. The van der Waals surface area contributed by atoms with Crippen molar-refractivity contribution >= 4 is 23.2 Å². The van der Waals surface area contributed by atoms with Crippen molar-refractivity contribution in [2.24, 2.45) is 5.10 Å². The molecule has 0 spiro atoms. The van der Waals surface area contributed by atoms with Gasteiger partial charge in [0.15, 0.2) is 11.5 Å². The number of benzene rings is 2. The highest BCUT2D eigenvalue weighted by Crippen LogP contribution is 2.35. The summed E-state index contributed by atoms with van der Waals surface area (Å²) in [5.74, 6) is 1.25. The summed E-state index contributed by atoms with van der Waals surface area (Å²) >= 11 is 0. The number of rotatable bonds is 5. The maximum absolute atomic E-state index is 12.5. The van der Waals surface area contributed by atoms with E-state index >= 15 is 0 Å². The fourth-order valence-electron chi connectivity index (χ4n) is 3.76. The Bertz CT molecular complexity index is 1260. The second-order valence-electron chi connectivity index (χ2n) is 7.91. The number of amides is 2. The number of carbonyl (C=O) groups is 2. The topological polar surface area (TPSA) is 119 Å². The van der Waals surface area contributed by atoms with Crippen LogP contribution in [0.2, 0.25) is 0 Å². The molecule has 2 aliphatic rings. The molecule has 0 aliphatic carbocycles. The van der Waals surface area contributed by atoms with Crippen LogP contribution in [0.5, 0.6) is 11.5 Å². The lowest BCUT2D eigenvalue weighted by molar-refractivity contribution is -0.135. The first-order valence-corrected chi connectivity index (χ1v) is 10.4. The Morgan fingerprint density at radius 2 is 1.85 bits per heavy atom. The van der Waals surface area contributed by atoms with Crippen molar-refractivity contribution in [3.05, 3.63) is 53.4 Å². The summed E-state index contributed by atoms with van der Waals surface area (Å²) in [6.07, 6.45) is 0.536. The number of nitrogens with one attached hydrogen (secondary N) is 1. The second kappa shape index (κ2) is 8.38. The molecule has 0 bridgehead atoms. The van der Waals surface area contributed by atoms with Gasteiger partial charge >= 0.3 is 0 Å². The van der Waals surface area contributed by atoms with Crippen molar-refractivity contribution in [1.29, 1.82) is 0 Å². The Labute approximate surface area is 189 Å². The molecule has 5 rings (SSSR count). The van der Waals surface area contributed by atoms with E-state index in [1.807, 2.05) is 32.0 Å². The molecular formula is C23H21N5O5. The standard InChI is InChI=1S/C23H21N5O5/c1-13-7-14(2)9-16(8-13)24-20(29)11-28-21(30)6-4-17(26-28)23-25-22(27-33-23)15-3-5-18-19(10-15)32-12-31-18/h3,5,7-10H,4,6,11-12H2,1-2H3,(H,24,29). The van der Waals surface area contributed by atoms with Crippen LogP contribution in [-0.2, 0) is 9.59 Å². The molecule has 1 N–H and O–H groups in total. The summed E-state index contributed by atoms with van der Waals surface area (Å²) in [6.45, 7) is 3.87. The Balaban J connectivity index is 1.31. The van der Waals surface area contributed by atoms with Crippen LogP contribution in [0.4, 0.5) is 5.69 Å². The zero-order valence-electron chi connectivity index (χ0n) is 18.1. The number of hydrogen-bond acceptors (Lipinski definition) is 8. The van der Waals surface area contributed by atoms with Gasteiger partial charge in [0.1, 0.15) is 12.3 Å². The number of hydrogen-bond donors (Lipinski definition) is 1. The summed E-state index contributed by atoms with van der Waals surface area (Å²) in [4.78, 5) is 29.3. The van der Waals surface area contributed by atoms with Crippen LogP contribution >= 0.6 is 0 Å².